The van der Waals surface area contributed by atoms with E-state index in [4.69, 9.17) is 5.73 Å². The summed E-state index contributed by atoms with van der Waals surface area (Å²) in [6.45, 7) is 5.16. The van der Waals surface area contributed by atoms with Gasteiger partial charge in [-0.05, 0) is 26.3 Å². The molecule has 2 N–H and O–H groups in total. The van der Waals surface area contributed by atoms with Gasteiger partial charge >= 0.3 is 0 Å². The van der Waals surface area contributed by atoms with E-state index in [-0.39, 0.29) is 10.9 Å². The second-order valence-electron chi connectivity index (χ2n) is 4.74. The van der Waals surface area contributed by atoms with E-state index in [1.165, 1.54) is 10.5 Å². The zero-order chi connectivity index (χ0) is 14.5. The van der Waals surface area contributed by atoms with Crippen LogP contribution in [0.2, 0.25) is 0 Å². The van der Waals surface area contributed by atoms with Crippen LogP contribution in [0.25, 0.3) is 0 Å². The van der Waals surface area contributed by atoms with Gasteiger partial charge in [-0.1, -0.05) is 13.3 Å². The van der Waals surface area contributed by atoms with E-state index in [0.29, 0.717) is 13.1 Å². The second kappa shape index (κ2) is 7.02. The zero-order valence-corrected chi connectivity index (χ0v) is 12.7. The molecule has 0 spiro atoms. The van der Waals surface area contributed by atoms with Crippen molar-refractivity contribution in [3.63, 3.8) is 0 Å². The third-order valence-corrected chi connectivity index (χ3v) is 5.13. The molecule has 0 amide bonds. The maximum atomic E-state index is 12.4. The molecule has 1 atom stereocenters. The fourth-order valence-corrected chi connectivity index (χ4v) is 3.20. The van der Waals surface area contributed by atoms with Gasteiger partial charge in [-0.25, -0.2) is 8.42 Å². The van der Waals surface area contributed by atoms with Crippen LogP contribution in [0.3, 0.4) is 0 Å². The van der Waals surface area contributed by atoms with Crippen LogP contribution in [0.5, 0.6) is 0 Å². The molecule has 0 radical (unpaired) electrons. The van der Waals surface area contributed by atoms with E-state index in [0.717, 1.165) is 19.3 Å². The number of sulfonamides is 1. The van der Waals surface area contributed by atoms with E-state index >= 15 is 0 Å². The summed E-state index contributed by atoms with van der Waals surface area (Å²) < 4.78 is 27.8. The Bertz CT molecular complexity index is 484. The number of aryl methyl sites for hydroxylation is 1. The van der Waals surface area contributed by atoms with Crippen LogP contribution in [0, 0.1) is 0 Å². The van der Waals surface area contributed by atoms with Crippen molar-refractivity contribution in [1.29, 1.82) is 0 Å². The molecule has 0 saturated carbocycles. The molecule has 0 aliphatic rings. The Kier molecular flexibility index (Phi) is 5.96. The van der Waals surface area contributed by atoms with Gasteiger partial charge in [0.15, 0.2) is 0 Å². The van der Waals surface area contributed by atoms with E-state index in [9.17, 15) is 8.42 Å². The topological polar surface area (TPSA) is 81.2 Å². The number of aromatic nitrogens is 2. The molecule has 1 unspecified atom stereocenters. The number of hydrogen-bond acceptors (Lipinski definition) is 4. The molecule has 1 aromatic rings. The minimum atomic E-state index is -3.45. The van der Waals surface area contributed by atoms with Crippen molar-refractivity contribution in [3.8, 4) is 0 Å². The van der Waals surface area contributed by atoms with Crippen molar-refractivity contribution in [2.75, 3.05) is 13.6 Å². The molecule has 1 rings (SSSR count). The van der Waals surface area contributed by atoms with Gasteiger partial charge in [0.2, 0.25) is 10.0 Å². The van der Waals surface area contributed by atoms with E-state index in [2.05, 4.69) is 5.10 Å². The molecule has 0 aliphatic carbocycles. The Morgan fingerprint density at radius 2 is 2.21 bits per heavy atom. The first kappa shape index (κ1) is 16.1. The molecule has 7 heteroatoms. The van der Waals surface area contributed by atoms with Crippen LogP contribution < -0.4 is 5.73 Å². The third-order valence-electron chi connectivity index (χ3n) is 3.21. The summed E-state index contributed by atoms with van der Waals surface area (Å²) in [6.07, 6.45) is 5.55. The quantitative estimate of drug-likeness (QED) is 0.775. The lowest BCUT2D eigenvalue weighted by atomic mass is 10.2. The van der Waals surface area contributed by atoms with E-state index in [1.807, 2.05) is 13.8 Å². The van der Waals surface area contributed by atoms with Gasteiger partial charge in [-0.3, -0.25) is 4.68 Å². The molecule has 19 heavy (non-hydrogen) atoms. The average Bonchev–Trinajstić information content (AvgIpc) is 2.85. The van der Waals surface area contributed by atoms with Gasteiger partial charge in [-0.15, -0.1) is 0 Å². The van der Waals surface area contributed by atoms with Crippen LogP contribution in [-0.2, 0) is 16.6 Å². The predicted octanol–water partition coefficient (Wildman–Crippen LogP) is 1.04. The molecule has 0 saturated heterocycles. The first-order valence-electron chi connectivity index (χ1n) is 6.64. The number of hydrogen-bond donors (Lipinski definition) is 1. The molecule has 0 bridgehead atoms. The van der Waals surface area contributed by atoms with Gasteiger partial charge in [-0.2, -0.15) is 9.40 Å². The van der Waals surface area contributed by atoms with Crippen LogP contribution in [-0.4, -0.2) is 42.1 Å². The van der Waals surface area contributed by atoms with Gasteiger partial charge in [0.1, 0.15) is 4.90 Å². The summed E-state index contributed by atoms with van der Waals surface area (Å²) >= 11 is 0. The summed E-state index contributed by atoms with van der Waals surface area (Å²) in [6, 6.07) is -0.0117. The largest absolute Gasteiger partial charge is 0.330 e. The highest BCUT2D eigenvalue weighted by Crippen LogP contribution is 2.17. The zero-order valence-electron chi connectivity index (χ0n) is 11.9. The minimum absolute atomic E-state index is 0.0117. The molecule has 0 aliphatic heterocycles. The van der Waals surface area contributed by atoms with Crippen molar-refractivity contribution in [3.05, 3.63) is 12.4 Å². The highest BCUT2D eigenvalue weighted by atomic mass is 32.2. The minimum Gasteiger partial charge on any atom is -0.330 e. The van der Waals surface area contributed by atoms with Crippen molar-refractivity contribution < 1.29 is 8.42 Å². The highest BCUT2D eigenvalue weighted by molar-refractivity contribution is 7.89. The molecule has 6 nitrogen and oxygen atoms in total. The lowest BCUT2D eigenvalue weighted by molar-refractivity contribution is 0.368. The maximum absolute atomic E-state index is 12.4. The fourth-order valence-electron chi connectivity index (χ4n) is 1.86. The Morgan fingerprint density at radius 3 is 2.79 bits per heavy atom. The molecular weight excluding hydrogens is 264 g/mol. The molecular formula is C12H24N4O2S. The lowest BCUT2D eigenvalue weighted by Gasteiger charge is -2.23. The van der Waals surface area contributed by atoms with Gasteiger partial charge < -0.3 is 5.73 Å². The Morgan fingerprint density at radius 1 is 1.53 bits per heavy atom. The summed E-state index contributed by atoms with van der Waals surface area (Å²) in [5.41, 5.74) is 5.42. The number of nitrogens with two attached hydrogens (primary N) is 1. The first-order chi connectivity index (χ1) is 8.93. The van der Waals surface area contributed by atoms with E-state index < -0.39 is 10.0 Å². The monoisotopic (exact) mass is 288 g/mol. The number of rotatable bonds is 8. The highest BCUT2D eigenvalue weighted by Gasteiger charge is 2.26. The standard InChI is InChI=1S/C12H24N4O2S/c1-4-6-11(2)15(3)19(17,18)12-9-14-16(10-12)8-5-7-13/h9-11H,4-8,13H2,1-3H3. The van der Waals surface area contributed by atoms with Crippen molar-refractivity contribution >= 4 is 10.0 Å². The SMILES string of the molecule is CCCC(C)N(C)S(=O)(=O)c1cnn(CCCN)c1. The second-order valence-corrected chi connectivity index (χ2v) is 6.74. The van der Waals surface area contributed by atoms with Crippen LogP contribution in [0.1, 0.15) is 33.1 Å². The molecule has 0 aromatic carbocycles. The van der Waals surface area contributed by atoms with Gasteiger partial charge in [0, 0.05) is 25.8 Å². The molecule has 0 fully saturated rings. The lowest BCUT2D eigenvalue weighted by Crippen LogP contribution is -2.34. The predicted molar refractivity (Wildman–Crippen MR) is 75.2 cm³/mol. The molecule has 1 heterocycles. The van der Waals surface area contributed by atoms with Crippen LogP contribution >= 0.6 is 0 Å². The first-order valence-corrected chi connectivity index (χ1v) is 8.08. The van der Waals surface area contributed by atoms with Crippen LogP contribution in [0.4, 0.5) is 0 Å². The molecule has 110 valence electrons. The van der Waals surface area contributed by atoms with Crippen molar-refractivity contribution in [2.24, 2.45) is 5.73 Å². The van der Waals surface area contributed by atoms with Crippen LogP contribution in [0.15, 0.2) is 17.3 Å². The Balaban J connectivity index is 2.84. The number of nitrogens with zero attached hydrogens (tertiary/aromatic N) is 3. The fraction of sp³-hybridized carbons (Fsp3) is 0.750. The van der Waals surface area contributed by atoms with Crippen molar-refractivity contribution in [2.45, 2.75) is 50.6 Å². The Labute approximate surface area is 115 Å². The summed E-state index contributed by atoms with van der Waals surface area (Å²) in [5.74, 6) is 0. The summed E-state index contributed by atoms with van der Waals surface area (Å²) in [7, 11) is -1.83. The normalized spacial score (nSPS) is 13.9. The van der Waals surface area contributed by atoms with Crippen molar-refractivity contribution in [1.82, 2.24) is 14.1 Å². The summed E-state index contributed by atoms with van der Waals surface area (Å²) in [4.78, 5) is 0.245. The Hall–Kier alpha value is -0.920. The third kappa shape index (κ3) is 4.02. The van der Waals surface area contributed by atoms with Gasteiger partial charge in [0.05, 0.1) is 6.20 Å². The summed E-state index contributed by atoms with van der Waals surface area (Å²) in [5, 5.41) is 4.06. The van der Waals surface area contributed by atoms with E-state index in [1.54, 1.807) is 17.9 Å². The average molecular weight is 288 g/mol. The molecule has 1 aromatic heterocycles. The van der Waals surface area contributed by atoms with Gasteiger partial charge in [0.25, 0.3) is 0 Å². The smallest absolute Gasteiger partial charge is 0.246 e. The maximum Gasteiger partial charge on any atom is 0.246 e.